The first kappa shape index (κ1) is 26.5. The van der Waals surface area contributed by atoms with E-state index in [1.165, 1.54) is 128 Å². The average Bonchev–Trinajstić information content (AvgIpc) is 2.65. The number of rotatable bonds is 23. The molecule has 0 saturated heterocycles. The van der Waals surface area contributed by atoms with Gasteiger partial charge in [0.25, 0.3) is 0 Å². The van der Waals surface area contributed by atoms with Gasteiger partial charge in [-0.05, 0) is 12.8 Å². The second-order valence-corrected chi connectivity index (χ2v) is 8.55. The Hall–Kier alpha value is -0.530. The predicted octanol–water partition coefficient (Wildman–Crippen LogP) is 7.73. The third-order valence-electron chi connectivity index (χ3n) is 5.73. The van der Waals surface area contributed by atoms with Gasteiger partial charge in [0.1, 0.15) is 0 Å². The van der Waals surface area contributed by atoms with Crippen LogP contribution in [-0.4, -0.2) is 5.97 Å². The standard InChI is InChI=1S/C25H50O2/c1-2-3-4-5-6-7-8-9-10-11-12-13-14-15-16-17-18-19-20-21-22-23-24-25(26)27/h2-24H2,1H3,(H,26,27)/p-1. The summed E-state index contributed by atoms with van der Waals surface area (Å²) in [6.45, 7) is 2.29. The largest absolute Gasteiger partial charge is 0.550 e. The number of carbonyl (C=O) groups excluding carboxylic acids is 1. The zero-order chi connectivity index (χ0) is 19.8. The molecule has 0 atom stereocenters. The van der Waals surface area contributed by atoms with Crippen LogP contribution in [0.15, 0.2) is 0 Å². The number of carboxylic acid groups (broad SMARTS) is 1. The highest BCUT2D eigenvalue weighted by atomic mass is 16.4. The van der Waals surface area contributed by atoms with Crippen LogP contribution in [-0.2, 0) is 4.79 Å². The van der Waals surface area contributed by atoms with E-state index in [1.807, 2.05) is 0 Å². The molecule has 162 valence electrons. The molecule has 0 aromatic carbocycles. The molecule has 0 rings (SSSR count). The van der Waals surface area contributed by atoms with E-state index in [2.05, 4.69) is 6.92 Å². The maximum absolute atomic E-state index is 10.3. The molecule has 0 heterocycles. The highest BCUT2D eigenvalue weighted by molar-refractivity contribution is 5.63. The van der Waals surface area contributed by atoms with Crippen molar-refractivity contribution in [3.8, 4) is 0 Å². The molecule has 2 nitrogen and oxygen atoms in total. The topological polar surface area (TPSA) is 40.1 Å². The fourth-order valence-corrected chi connectivity index (χ4v) is 3.88. The Morgan fingerprint density at radius 2 is 0.667 bits per heavy atom. The second-order valence-electron chi connectivity index (χ2n) is 8.55. The minimum absolute atomic E-state index is 0.235. The van der Waals surface area contributed by atoms with Crippen LogP contribution in [0.2, 0.25) is 0 Å². The van der Waals surface area contributed by atoms with E-state index in [-0.39, 0.29) is 6.42 Å². The molecule has 0 bridgehead atoms. The van der Waals surface area contributed by atoms with Gasteiger partial charge in [-0.2, -0.15) is 0 Å². The molecular weight excluding hydrogens is 332 g/mol. The van der Waals surface area contributed by atoms with Crippen molar-refractivity contribution in [2.45, 2.75) is 155 Å². The van der Waals surface area contributed by atoms with Gasteiger partial charge < -0.3 is 9.90 Å². The van der Waals surface area contributed by atoms with Crippen LogP contribution in [0, 0.1) is 0 Å². The van der Waals surface area contributed by atoms with Crippen molar-refractivity contribution in [2.75, 3.05) is 0 Å². The van der Waals surface area contributed by atoms with Gasteiger partial charge in [0.2, 0.25) is 0 Å². The number of hydrogen-bond acceptors (Lipinski definition) is 2. The summed E-state index contributed by atoms with van der Waals surface area (Å²) < 4.78 is 0. The summed E-state index contributed by atoms with van der Waals surface area (Å²) in [4.78, 5) is 10.3. The van der Waals surface area contributed by atoms with E-state index in [1.54, 1.807) is 0 Å². The normalized spacial score (nSPS) is 11.1. The molecule has 0 N–H and O–H groups in total. The number of unbranched alkanes of at least 4 members (excludes halogenated alkanes) is 21. The summed E-state index contributed by atoms with van der Waals surface area (Å²) in [6.07, 6.45) is 30.2. The van der Waals surface area contributed by atoms with Crippen molar-refractivity contribution in [1.82, 2.24) is 0 Å². The zero-order valence-corrected chi connectivity index (χ0v) is 18.6. The van der Waals surface area contributed by atoms with Gasteiger partial charge >= 0.3 is 0 Å². The van der Waals surface area contributed by atoms with Crippen LogP contribution < -0.4 is 5.11 Å². The maximum atomic E-state index is 10.3. The van der Waals surface area contributed by atoms with E-state index in [0.717, 1.165) is 12.8 Å². The molecule has 0 aromatic heterocycles. The first-order valence-electron chi connectivity index (χ1n) is 12.5. The lowest BCUT2D eigenvalue weighted by Crippen LogP contribution is -2.21. The van der Waals surface area contributed by atoms with Gasteiger partial charge in [-0.1, -0.05) is 142 Å². The molecule has 0 aromatic rings. The van der Waals surface area contributed by atoms with Gasteiger partial charge in [-0.3, -0.25) is 0 Å². The molecule has 0 fully saturated rings. The Morgan fingerprint density at radius 1 is 0.444 bits per heavy atom. The second kappa shape index (κ2) is 23.5. The van der Waals surface area contributed by atoms with Crippen LogP contribution >= 0.6 is 0 Å². The van der Waals surface area contributed by atoms with Crippen LogP contribution in [0.5, 0.6) is 0 Å². The summed E-state index contributed by atoms with van der Waals surface area (Å²) in [7, 11) is 0. The van der Waals surface area contributed by atoms with Crippen molar-refractivity contribution >= 4 is 5.97 Å². The fourth-order valence-electron chi connectivity index (χ4n) is 3.88. The zero-order valence-electron chi connectivity index (χ0n) is 18.6. The monoisotopic (exact) mass is 381 g/mol. The van der Waals surface area contributed by atoms with Gasteiger partial charge in [-0.15, -0.1) is 0 Å². The Labute approximate surface area is 170 Å². The van der Waals surface area contributed by atoms with E-state index in [4.69, 9.17) is 0 Å². The maximum Gasteiger partial charge on any atom is 0.0414 e. The van der Waals surface area contributed by atoms with E-state index in [9.17, 15) is 9.90 Å². The Bertz CT molecular complexity index is 288. The molecule has 0 unspecified atom stereocenters. The average molecular weight is 382 g/mol. The van der Waals surface area contributed by atoms with Gasteiger partial charge in [0.15, 0.2) is 0 Å². The molecule has 0 spiro atoms. The molecular formula is C25H49O2-. The van der Waals surface area contributed by atoms with E-state index >= 15 is 0 Å². The third kappa shape index (κ3) is 25.5. The minimum Gasteiger partial charge on any atom is -0.550 e. The molecule has 0 aliphatic heterocycles. The summed E-state index contributed by atoms with van der Waals surface area (Å²) in [6, 6.07) is 0. The first-order valence-corrected chi connectivity index (χ1v) is 12.5. The van der Waals surface area contributed by atoms with Crippen molar-refractivity contribution < 1.29 is 9.90 Å². The lowest BCUT2D eigenvalue weighted by molar-refractivity contribution is -0.305. The lowest BCUT2D eigenvalue weighted by atomic mass is 10.0. The summed E-state index contributed by atoms with van der Waals surface area (Å²) in [5.74, 6) is -0.900. The fraction of sp³-hybridized carbons (Fsp3) is 0.960. The number of carboxylic acids is 1. The summed E-state index contributed by atoms with van der Waals surface area (Å²) >= 11 is 0. The molecule has 0 aliphatic rings. The first-order chi connectivity index (χ1) is 13.3. The van der Waals surface area contributed by atoms with Gasteiger partial charge in [0.05, 0.1) is 0 Å². The Kier molecular flexibility index (Phi) is 23.0. The minimum atomic E-state index is -0.900. The van der Waals surface area contributed by atoms with Crippen LogP contribution in [0.25, 0.3) is 0 Å². The number of carbonyl (C=O) groups is 1. The van der Waals surface area contributed by atoms with Crippen molar-refractivity contribution in [3.63, 3.8) is 0 Å². The molecule has 0 amide bonds. The van der Waals surface area contributed by atoms with Gasteiger partial charge in [0, 0.05) is 5.97 Å². The van der Waals surface area contributed by atoms with Crippen LogP contribution in [0.3, 0.4) is 0 Å². The third-order valence-corrected chi connectivity index (χ3v) is 5.73. The molecule has 2 heteroatoms. The highest BCUT2D eigenvalue weighted by Gasteiger charge is 1.96. The Morgan fingerprint density at radius 3 is 0.889 bits per heavy atom. The summed E-state index contributed by atoms with van der Waals surface area (Å²) in [5, 5.41) is 10.3. The van der Waals surface area contributed by atoms with Crippen molar-refractivity contribution in [1.29, 1.82) is 0 Å². The Balaban J connectivity index is 2.98. The lowest BCUT2D eigenvalue weighted by Gasteiger charge is -2.04. The van der Waals surface area contributed by atoms with Crippen molar-refractivity contribution in [3.05, 3.63) is 0 Å². The highest BCUT2D eigenvalue weighted by Crippen LogP contribution is 2.15. The predicted molar refractivity (Wildman–Crippen MR) is 117 cm³/mol. The van der Waals surface area contributed by atoms with Gasteiger partial charge in [-0.25, -0.2) is 0 Å². The van der Waals surface area contributed by atoms with E-state index < -0.39 is 5.97 Å². The quantitative estimate of drug-likeness (QED) is 0.170. The molecule has 0 radical (unpaired) electrons. The number of aliphatic carboxylic acids is 1. The smallest absolute Gasteiger partial charge is 0.0414 e. The van der Waals surface area contributed by atoms with E-state index in [0.29, 0.717) is 0 Å². The summed E-state index contributed by atoms with van der Waals surface area (Å²) in [5.41, 5.74) is 0. The van der Waals surface area contributed by atoms with Crippen LogP contribution in [0.1, 0.15) is 155 Å². The SMILES string of the molecule is CCCCCCCCCCCCCCCCCCCCCCCCC(=O)[O-]. The molecule has 0 aliphatic carbocycles. The van der Waals surface area contributed by atoms with Crippen molar-refractivity contribution in [2.24, 2.45) is 0 Å². The molecule has 27 heavy (non-hydrogen) atoms. The molecule has 0 saturated carbocycles. The van der Waals surface area contributed by atoms with Crippen LogP contribution in [0.4, 0.5) is 0 Å². The number of hydrogen-bond donors (Lipinski definition) is 0.